The smallest absolute Gasteiger partial charge is 0.387 e. The first-order chi connectivity index (χ1) is 8.42. The van der Waals surface area contributed by atoms with Gasteiger partial charge in [0, 0.05) is 12.0 Å². The molecule has 18 heavy (non-hydrogen) atoms. The molecule has 5 heteroatoms. The third kappa shape index (κ3) is 3.40. The van der Waals surface area contributed by atoms with Crippen LogP contribution in [0.2, 0.25) is 0 Å². The third-order valence-electron chi connectivity index (χ3n) is 3.36. The number of benzene rings is 1. The van der Waals surface area contributed by atoms with Crippen LogP contribution in [-0.4, -0.2) is 18.3 Å². The predicted octanol–water partition coefficient (Wildman–Crippen LogP) is 2.70. The van der Waals surface area contributed by atoms with Crippen LogP contribution in [0.5, 0.6) is 5.75 Å². The summed E-state index contributed by atoms with van der Waals surface area (Å²) in [5, 5.41) is 10.2. The van der Waals surface area contributed by atoms with Crippen molar-refractivity contribution >= 4 is 0 Å². The summed E-state index contributed by atoms with van der Waals surface area (Å²) in [5.41, 5.74) is 5.89. The van der Waals surface area contributed by atoms with Crippen LogP contribution in [0.15, 0.2) is 24.3 Å². The lowest BCUT2D eigenvalue weighted by atomic mass is 9.78. The van der Waals surface area contributed by atoms with Crippen molar-refractivity contribution in [1.82, 2.24) is 0 Å². The van der Waals surface area contributed by atoms with Crippen LogP contribution in [0.1, 0.15) is 31.9 Å². The molecule has 0 saturated carbocycles. The average Bonchev–Trinajstić information content (AvgIpc) is 2.37. The minimum atomic E-state index is -2.84. The minimum absolute atomic E-state index is 0.0758. The summed E-state index contributed by atoms with van der Waals surface area (Å²) in [6.07, 6.45) is -0.00644. The van der Waals surface area contributed by atoms with Crippen LogP contribution in [-0.2, 0) is 0 Å². The van der Waals surface area contributed by atoms with Gasteiger partial charge in [0.2, 0.25) is 0 Å². The van der Waals surface area contributed by atoms with Crippen molar-refractivity contribution in [2.45, 2.75) is 33.0 Å². The highest BCUT2D eigenvalue weighted by molar-refractivity contribution is 5.29. The Kier molecular flexibility index (Phi) is 5.04. The molecule has 1 rings (SSSR count). The largest absolute Gasteiger partial charge is 0.435 e. The number of halogens is 2. The number of rotatable bonds is 6. The molecular formula is C13H19F2NO2. The van der Waals surface area contributed by atoms with Crippen LogP contribution in [0.4, 0.5) is 8.78 Å². The van der Waals surface area contributed by atoms with Crippen molar-refractivity contribution in [1.29, 1.82) is 0 Å². The Bertz CT molecular complexity index is 364. The monoisotopic (exact) mass is 259 g/mol. The molecule has 1 aromatic rings. The van der Waals surface area contributed by atoms with Crippen molar-refractivity contribution in [2.24, 2.45) is 11.1 Å². The molecule has 0 fully saturated rings. The van der Waals surface area contributed by atoms with Gasteiger partial charge in [0.15, 0.2) is 0 Å². The zero-order chi connectivity index (χ0) is 13.8. The van der Waals surface area contributed by atoms with Gasteiger partial charge < -0.3 is 15.6 Å². The molecule has 0 heterocycles. The molecule has 0 aromatic heterocycles. The fraction of sp³-hybridized carbons (Fsp3) is 0.538. The minimum Gasteiger partial charge on any atom is -0.435 e. The quantitative estimate of drug-likeness (QED) is 0.825. The Labute approximate surface area is 106 Å². The summed E-state index contributed by atoms with van der Waals surface area (Å²) in [7, 11) is 0. The number of nitrogens with two attached hydrogens (primary N) is 1. The summed E-state index contributed by atoms with van der Waals surface area (Å²) in [5.74, 6) is 0.0758. The van der Waals surface area contributed by atoms with Gasteiger partial charge in [-0.3, -0.25) is 0 Å². The van der Waals surface area contributed by atoms with Crippen LogP contribution < -0.4 is 10.5 Å². The molecule has 0 aliphatic carbocycles. The molecule has 0 saturated heterocycles. The van der Waals surface area contributed by atoms with E-state index < -0.39 is 18.1 Å². The molecule has 2 atom stereocenters. The molecule has 3 nitrogen and oxygen atoms in total. The summed E-state index contributed by atoms with van der Waals surface area (Å²) in [6.45, 7) is 1.34. The van der Waals surface area contributed by atoms with Crippen molar-refractivity contribution in [2.75, 3.05) is 6.54 Å². The average molecular weight is 259 g/mol. The Morgan fingerprint density at radius 3 is 2.28 bits per heavy atom. The lowest BCUT2D eigenvalue weighted by molar-refractivity contribution is -0.0499. The second kappa shape index (κ2) is 6.11. The van der Waals surface area contributed by atoms with Crippen LogP contribution >= 0.6 is 0 Å². The summed E-state index contributed by atoms with van der Waals surface area (Å²) >= 11 is 0. The molecule has 0 aliphatic rings. The standard InChI is InChI=1S/C13H19F2NO2/c1-3-13(2,8-16)11(17)9-4-6-10(7-5-9)18-12(14)15/h4-7,11-12,17H,3,8,16H2,1-2H3. The maximum absolute atomic E-state index is 12.0. The maximum Gasteiger partial charge on any atom is 0.387 e. The first-order valence-corrected chi connectivity index (χ1v) is 5.86. The highest BCUT2D eigenvalue weighted by atomic mass is 19.3. The Hall–Kier alpha value is -1.20. The predicted molar refractivity (Wildman–Crippen MR) is 65.5 cm³/mol. The van der Waals surface area contributed by atoms with E-state index in [4.69, 9.17) is 5.73 Å². The normalized spacial score (nSPS) is 16.4. The molecule has 3 N–H and O–H groups in total. The molecule has 2 unspecified atom stereocenters. The van der Waals surface area contributed by atoms with Gasteiger partial charge >= 0.3 is 6.61 Å². The summed E-state index contributed by atoms with van der Waals surface area (Å²) in [6, 6.07) is 5.98. The van der Waals surface area contributed by atoms with Crippen LogP contribution in [0, 0.1) is 5.41 Å². The highest BCUT2D eigenvalue weighted by Crippen LogP contribution is 2.36. The van der Waals surface area contributed by atoms with Gasteiger partial charge in [-0.05, 0) is 24.1 Å². The molecule has 0 amide bonds. The van der Waals surface area contributed by atoms with E-state index >= 15 is 0 Å². The van der Waals surface area contributed by atoms with Gasteiger partial charge in [0.05, 0.1) is 6.10 Å². The van der Waals surface area contributed by atoms with Crippen molar-refractivity contribution in [3.05, 3.63) is 29.8 Å². The molecule has 1 aromatic carbocycles. The summed E-state index contributed by atoms with van der Waals surface area (Å²) < 4.78 is 28.2. The van der Waals surface area contributed by atoms with E-state index in [1.807, 2.05) is 13.8 Å². The van der Waals surface area contributed by atoms with E-state index in [-0.39, 0.29) is 5.75 Å². The number of hydrogen-bond acceptors (Lipinski definition) is 3. The van der Waals surface area contributed by atoms with E-state index in [1.54, 1.807) is 12.1 Å². The second-order valence-electron chi connectivity index (χ2n) is 4.56. The van der Waals surface area contributed by atoms with Crippen molar-refractivity contribution in [3.63, 3.8) is 0 Å². The van der Waals surface area contributed by atoms with Crippen LogP contribution in [0.3, 0.4) is 0 Å². The third-order valence-corrected chi connectivity index (χ3v) is 3.36. The zero-order valence-corrected chi connectivity index (χ0v) is 10.6. The maximum atomic E-state index is 12.0. The fourth-order valence-corrected chi connectivity index (χ4v) is 1.68. The van der Waals surface area contributed by atoms with E-state index in [2.05, 4.69) is 4.74 Å². The van der Waals surface area contributed by atoms with Gasteiger partial charge in [0.25, 0.3) is 0 Å². The Morgan fingerprint density at radius 2 is 1.89 bits per heavy atom. The SMILES string of the molecule is CCC(C)(CN)C(O)c1ccc(OC(F)F)cc1. The van der Waals surface area contributed by atoms with Gasteiger partial charge in [-0.2, -0.15) is 8.78 Å². The van der Waals surface area contributed by atoms with Gasteiger partial charge in [-0.25, -0.2) is 0 Å². The second-order valence-corrected chi connectivity index (χ2v) is 4.56. The first-order valence-electron chi connectivity index (χ1n) is 5.86. The summed E-state index contributed by atoms with van der Waals surface area (Å²) in [4.78, 5) is 0. The molecule has 0 aliphatic heterocycles. The Morgan fingerprint density at radius 1 is 1.33 bits per heavy atom. The van der Waals surface area contributed by atoms with Crippen molar-refractivity contribution in [3.8, 4) is 5.75 Å². The van der Waals surface area contributed by atoms with Crippen molar-refractivity contribution < 1.29 is 18.6 Å². The Balaban J connectivity index is 2.84. The zero-order valence-electron chi connectivity index (χ0n) is 10.6. The molecule has 0 spiro atoms. The topological polar surface area (TPSA) is 55.5 Å². The van der Waals surface area contributed by atoms with E-state index in [0.717, 1.165) is 6.42 Å². The highest BCUT2D eigenvalue weighted by Gasteiger charge is 2.30. The van der Waals surface area contributed by atoms with Crippen LogP contribution in [0.25, 0.3) is 0 Å². The van der Waals surface area contributed by atoms with E-state index in [0.29, 0.717) is 12.1 Å². The molecule has 0 bridgehead atoms. The number of aliphatic hydroxyl groups is 1. The molecule has 102 valence electrons. The van der Waals surface area contributed by atoms with E-state index in [9.17, 15) is 13.9 Å². The van der Waals surface area contributed by atoms with Gasteiger partial charge in [0.1, 0.15) is 5.75 Å². The number of ether oxygens (including phenoxy) is 1. The molecular weight excluding hydrogens is 240 g/mol. The fourth-order valence-electron chi connectivity index (χ4n) is 1.68. The number of alkyl halides is 2. The van der Waals surface area contributed by atoms with E-state index in [1.165, 1.54) is 12.1 Å². The molecule has 0 radical (unpaired) electrons. The number of aliphatic hydroxyl groups excluding tert-OH is 1. The lowest BCUT2D eigenvalue weighted by Gasteiger charge is -2.32. The van der Waals surface area contributed by atoms with Gasteiger partial charge in [-0.15, -0.1) is 0 Å². The first kappa shape index (κ1) is 14.9. The van der Waals surface area contributed by atoms with Gasteiger partial charge in [-0.1, -0.05) is 26.0 Å². The number of hydrogen-bond donors (Lipinski definition) is 2. The lowest BCUT2D eigenvalue weighted by Crippen LogP contribution is -2.33.